The zero-order chi connectivity index (χ0) is 11.0. The fourth-order valence-electron chi connectivity index (χ4n) is 1.72. The molecule has 2 N–H and O–H groups in total. The van der Waals surface area contributed by atoms with Crippen molar-refractivity contribution in [3.8, 4) is 0 Å². The van der Waals surface area contributed by atoms with Crippen LogP contribution in [0, 0.1) is 0 Å². The van der Waals surface area contributed by atoms with Crippen LogP contribution in [0.4, 0.5) is 5.69 Å². The van der Waals surface area contributed by atoms with E-state index in [0.29, 0.717) is 0 Å². The molecule has 1 aliphatic rings. The normalized spacial score (nSPS) is 14.9. The highest BCUT2D eigenvalue weighted by atomic mass is 35.5. The van der Waals surface area contributed by atoms with E-state index in [1.807, 2.05) is 12.1 Å². The van der Waals surface area contributed by atoms with Crippen molar-refractivity contribution < 1.29 is 0 Å². The van der Waals surface area contributed by atoms with Crippen molar-refractivity contribution in [2.45, 2.75) is 0 Å². The highest BCUT2D eigenvalue weighted by Crippen LogP contribution is 2.34. The molecule has 0 saturated carbocycles. The van der Waals surface area contributed by atoms with E-state index in [0.717, 1.165) is 29.8 Å². The first-order valence-electron chi connectivity index (χ1n) is 5.05. The predicted molar refractivity (Wildman–Crippen MR) is 70.8 cm³/mol. The van der Waals surface area contributed by atoms with Crippen molar-refractivity contribution in [1.82, 2.24) is 5.32 Å². The van der Waals surface area contributed by atoms with Gasteiger partial charge in [0.15, 0.2) is 5.96 Å². The van der Waals surface area contributed by atoms with Gasteiger partial charge in [0.2, 0.25) is 0 Å². The van der Waals surface area contributed by atoms with Crippen LogP contribution >= 0.6 is 22.9 Å². The molecule has 0 atom stereocenters. The Kier molecular flexibility index (Phi) is 2.46. The van der Waals surface area contributed by atoms with Crippen molar-refractivity contribution in [2.24, 2.45) is 4.99 Å². The number of rotatable bonds is 1. The number of nitrogens with zero attached hydrogens (tertiary/aromatic N) is 1. The second-order valence-electron chi connectivity index (χ2n) is 3.54. The number of halogens is 1. The minimum Gasteiger partial charge on any atom is -0.354 e. The zero-order valence-electron chi connectivity index (χ0n) is 8.46. The summed E-state index contributed by atoms with van der Waals surface area (Å²) in [5.74, 6) is 0.808. The lowest BCUT2D eigenvalue weighted by atomic mass is 10.2. The molecule has 82 valence electrons. The van der Waals surface area contributed by atoms with E-state index in [2.05, 4.69) is 27.1 Å². The van der Waals surface area contributed by atoms with Gasteiger partial charge in [-0.2, -0.15) is 0 Å². The van der Waals surface area contributed by atoms with Crippen LogP contribution in [0.3, 0.4) is 0 Å². The average molecular weight is 252 g/mol. The maximum atomic E-state index is 6.20. The molecule has 1 aromatic heterocycles. The lowest BCUT2D eigenvalue weighted by Gasteiger charge is -2.09. The molecule has 0 radical (unpaired) electrons. The number of fused-ring (bicyclic) bond motifs is 1. The second kappa shape index (κ2) is 3.96. The number of thiophene rings is 1. The third-order valence-corrected chi connectivity index (χ3v) is 3.75. The second-order valence-corrected chi connectivity index (χ2v) is 4.87. The minimum absolute atomic E-state index is 0.728. The van der Waals surface area contributed by atoms with Crippen LogP contribution in [0.25, 0.3) is 10.1 Å². The molecule has 1 aromatic carbocycles. The van der Waals surface area contributed by atoms with E-state index < -0.39 is 0 Å². The Bertz CT molecular complexity index is 561. The van der Waals surface area contributed by atoms with Gasteiger partial charge in [0, 0.05) is 6.54 Å². The first kappa shape index (κ1) is 9.93. The highest BCUT2D eigenvalue weighted by molar-refractivity contribution is 7.18. The van der Waals surface area contributed by atoms with Gasteiger partial charge in [0.1, 0.15) is 0 Å². The van der Waals surface area contributed by atoms with Crippen LogP contribution < -0.4 is 10.6 Å². The van der Waals surface area contributed by atoms with Crippen molar-refractivity contribution in [2.75, 3.05) is 18.4 Å². The van der Waals surface area contributed by atoms with Crippen LogP contribution in [0.2, 0.25) is 5.02 Å². The van der Waals surface area contributed by atoms with Crippen LogP contribution in [0.1, 0.15) is 0 Å². The van der Waals surface area contributed by atoms with Crippen LogP contribution in [-0.2, 0) is 0 Å². The van der Waals surface area contributed by atoms with Gasteiger partial charge in [-0.15, -0.1) is 11.3 Å². The molecule has 0 spiro atoms. The van der Waals surface area contributed by atoms with Gasteiger partial charge >= 0.3 is 0 Å². The van der Waals surface area contributed by atoms with E-state index >= 15 is 0 Å². The van der Waals surface area contributed by atoms with Crippen molar-refractivity contribution in [3.63, 3.8) is 0 Å². The molecule has 0 amide bonds. The molecular weight excluding hydrogens is 242 g/mol. The summed E-state index contributed by atoms with van der Waals surface area (Å²) < 4.78 is 1.17. The van der Waals surface area contributed by atoms with Gasteiger partial charge in [-0.25, -0.2) is 0 Å². The van der Waals surface area contributed by atoms with Gasteiger partial charge in [-0.1, -0.05) is 17.7 Å². The van der Waals surface area contributed by atoms with Crippen molar-refractivity contribution in [3.05, 3.63) is 28.6 Å². The Morgan fingerprint density at radius 2 is 2.31 bits per heavy atom. The number of anilines is 1. The first-order valence-corrected chi connectivity index (χ1v) is 6.31. The fourth-order valence-corrected chi connectivity index (χ4v) is 2.89. The number of hydrogen-bond acceptors (Lipinski definition) is 4. The number of aliphatic imine (C=N–C) groups is 1. The van der Waals surface area contributed by atoms with E-state index in [1.165, 1.54) is 10.1 Å². The number of nitrogens with one attached hydrogen (secondary N) is 2. The zero-order valence-corrected chi connectivity index (χ0v) is 10.0. The Labute approximate surface area is 102 Å². The summed E-state index contributed by atoms with van der Waals surface area (Å²) in [6.45, 7) is 1.71. The third kappa shape index (κ3) is 1.64. The summed E-state index contributed by atoms with van der Waals surface area (Å²) in [7, 11) is 0. The van der Waals surface area contributed by atoms with E-state index in [9.17, 15) is 0 Å². The first-order chi connectivity index (χ1) is 7.84. The summed E-state index contributed by atoms with van der Waals surface area (Å²) >= 11 is 7.88. The van der Waals surface area contributed by atoms with Gasteiger partial charge in [0.25, 0.3) is 0 Å². The molecule has 3 rings (SSSR count). The molecule has 2 heterocycles. The van der Waals surface area contributed by atoms with E-state index in [-0.39, 0.29) is 0 Å². The summed E-state index contributed by atoms with van der Waals surface area (Å²) in [5.41, 5.74) is 0.947. The van der Waals surface area contributed by atoms with Crippen molar-refractivity contribution in [1.29, 1.82) is 0 Å². The van der Waals surface area contributed by atoms with Gasteiger partial charge in [-0.3, -0.25) is 4.99 Å². The smallest absolute Gasteiger partial charge is 0.196 e. The maximum Gasteiger partial charge on any atom is 0.196 e. The molecule has 3 nitrogen and oxygen atoms in total. The molecule has 5 heteroatoms. The monoisotopic (exact) mass is 251 g/mol. The molecule has 2 aromatic rings. The largest absolute Gasteiger partial charge is 0.354 e. The van der Waals surface area contributed by atoms with Crippen LogP contribution in [-0.4, -0.2) is 19.0 Å². The van der Waals surface area contributed by atoms with Gasteiger partial charge in [0.05, 0.1) is 22.0 Å². The lowest BCUT2D eigenvalue weighted by molar-refractivity contribution is 0.959. The lowest BCUT2D eigenvalue weighted by Crippen LogP contribution is -2.26. The number of hydrogen-bond donors (Lipinski definition) is 2. The quantitative estimate of drug-likeness (QED) is 0.818. The SMILES string of the molecule is Clc1ccc2ccsc2c1NC1=NCCN1. The number of guanidine groups is 1. The molecule has 0 fully saturated rings. The Morgan fingerprint density at radius 3 is 3.12 bits per heavy atom. The highest BCUT2D eigenvalue weighted by Gasteiger charge is 2.11. The minimum atomic E-state index is 0.728. The molecule has 0 saturated heterocycles. The van der Waals surface area contributed by atoms with Crippen LogP contribution in [0.15, 0.2) is 28.6 Å². The third-order valence-electron chi connectivity index (χ3n) is 2.49. The average Bonchev–Trinajstić information content (AvgIpc) is 2.92. The molecule has 0 bridgehead atoms. The summed E-state index contributed by atoms with van der Waals surface area (Å²) in [4.78, 5) is 4.30. The molecule has 1 aliphatic heterocycles. The molecular formula is C11H10ClN3S. The molecule has 0 unspecified atom stereocenters. The Hall–Kier alpha value is -1.26. The Balaban J connectivity index is 2.06. The summed E-state index contributed by atoms with van der Waals surface area (Å²) in [6, 6.07) is 6.03. The Morgan fingerprint density at radius 1 is 1.38 bits per heavy atom. The van der Waals surface area contributed by atoms with Gasteiger partial charge in [-0.05, 0) is 22.9 Å². The van der Waals surface area contributed by atoms with Crippen LogP contribution in [0.5, 0.6) is 0 Å². The summed E-state index contributed by atoms with van der Waals surface area (Å²) in [5, 5.41) is 10.4. The molecule has 16 heavy (non-hydrogen) atoms. The maximum absolute atomic E-state index is 6.20. The molecule has 0 aliphatic carbocycles. The van der Waals surface area contributed by atoms with E-state index in [1.54, 1.807) is 11.3 Å². The topological polar surface area (TPSA) is 36.4 Å². The van der Waals surface area contributed by atoms with Crippen molar-refractivity contribution >= 4 is 44.7 Å². The van der Waals surface area contributed by atoms with E-state index in [4.69, 9.17) is 11.6 Å². The number of benzene rings is 1. The standard InChI is InChI=1S/C11H10ClN3S/c12-8-2-1-7-3-6-16-10(7)9(8)15-11-13-4-5-14-11/h1-3,6H,4-5H2,(H2,13,14,15). The van der Waals surface area contributed by atoms with Gasteiger partial charge < -0.3 is 10.6 Å². The fraction of sp³-hybridized carbons (Fsp3) is 0.182. The summed E-state index contributed by atoms with van der Waals surface area (Å²) in [6.07, 6.45) is 0. The predicted octanol–water partition coefficient (Wildman–Crippen LogP) is 2.93.